The van der Waals surface area contributed by atoms with Crippen LogP contribution < -0.4 is 0 Å². The molecule has 7 rings (SSSR count). The van der Waals surface area contributed by atoms with Crippen molar-refractivity contribution in [3.63, 3.8) is 0 Å². The number of aliphatic hydroxyl groups is 2. The summed E-state index contributed by atoms with van der Waals surface area (Å²) in [5.41, 5.74) is 11.8. The number of hydrogen-bond donors (Lipinski definition) is 2. The summed E-state index contributed by atoms with van der Waals surface area (Å²) in [6, 6.07) is 48.8. The molecule has 0 saturated carbocycles. The zero-order chi connectivity index (χ0) is 34.1. The fourth-order valence-electron chi connectivity index (χ4n) is 6.36. The number of fused-ring (bicyclic) bond motifs is 6. The van der Waals surface area contributed by atoms with Gasteiger partial charge >= 0.3 is 0 Å². The molecular weight excluding hydrogens is 609 g/mol. The number of rotatable bonds is 0. The van der Waals surface area contributed by atoms with E-state index in [1.165, 1.54) is 0 Å². The molecule has 0 saturated heterocycles. The third-order valence-electron chi connectivity index (χ3n) is 9.12. The van der Waals surface area contributed by atoms with Crippen molar-refractivity contribution in [2.75, 3.05) is 0 Å². The lowest BCUT2D eigenvalue weighted by molar-refractivity contribution is 0.0170. The molecule has 0 radical (unpaired) electrons. The van der Waals surface area contributed by atoms with Crippen molar-refractivity contribution < 1.29 is 10.2 Å². The van der Waals surface area contributed by atoms with E-state index in [0.717, 1.165) is 55.6 Å². The first kappa shape index (κ1) is 32.5. The average Bonchev–Trinajstić information content (AvgIpc) is 3.17. The van der Waals surface area contributed by atoms with Gasteiger partial charge in [0.2, 0.25) is 0 Å². The third kappa shape index (κ3) is 7.48. The molecule has 0 aromatic heterocycles. The van der Waals surface area contributed by atoms with E-state index in [9.17, 15) is 10.2 Å². The monoisotopic (exact) mass is 646 g/mol. The largest absolute Gasteiger partial charge is 0.385 e. The van der Waals surface area contributed by atoms with E-state index in [2.05, 4.69) is 121 Å². The first-order valence-corrected chi connectivity index (χ1v) is 16.9. The van der Waals surface area contributed by atoms with Crippen LogP contribution in [0.25, 0.3) is 60.8 Å². The standard InChI is InChI=1S/C48H38O2/c49-47-45-23-11-9-21-43(45)33-31-41-19-7-5-17-39(41)29-27-37-15-3-1-13-35(37)25-26-36-14-2-4-16-38(36)28-30-40-18-6-8-20-42(40)32-34-44-22-10-12-24-46(44)48(47)50/h1-34,47-50H/b26-25-,29-27-,30-28-,33-31-,34-32-/t47-,48+. The lowest BCUT2D eigenvalue weighted by atomic mass is 9.91. The molecule has 0 unspecified atom stereocenters. The number of hydrogen-bond acceptors (Lipinski definition) is 2. The van der Waals surface area contributed by atoms with Crippen LogP contribution in [0.3, 0.4) is 0 Å². The van der Waals surface area contributed by atoms with Crippen LogP contribution in [0.5, 0.6) is 0 Å². The molecule has 6 aromatic rings. The van der Waals surface area contributed by atoms with Crippen LogP contribution >= 0.6 is 0 Å². The average molecular weight is 647 g/mol. The van der Waals surface area contributed by atoms with Gasteiger partial charge in [-0.3, -0.25) is 0 Å². The van der Waals surface area contributed by atoms with E-state index in [1.807, 2.05) is 84.9 Å². The second-order valence-electron chi connectivity index (χ2n) is 12.3. The van der Waals surface area contributed by atoms with Gasteiger partial charge in [0.15, 0.2) is 0 Å². The predicted molar refractivity (Wildman–Crippen MR) is 213 cm³/mol. The molecule has 0 spiro atoms. The molecule has 1 aliphatic carbocycles. The van der Waals surface area contributed by atoms with Crippen LogP contribution in [0, 0.1) is 0 Å². The molecule has 6 aromatic carbocycles. The molecule has 1 aliphatic rings. The van der Waals surface area contributed by atoms with Crippen LogP contribution in [-0.4, -0.2) is 10.2 Å². The minimum absolute atomic E-state index is 0.661. The highest BCUT2D eigenvalue weighted by Crippen LogP contribution is 2.34. The van der Waals surface area contributed by atoms with Crippen LogP contribution in [0.1, 0.15) is 79.0 Å². The Kier molecular flexibility index (Phi) is 10.0. The van der Waals surface area contributed by atoms with Gasteiger partial charge in [0.1, 0.15) is 12.2 Å². The summed E-state index contributed by atoms with van der Waals surface area (Å²) >= 11 is 0. The summed E-state index contributed by atoms with van der Waals surface area (Å²) in [7, 11) is 0. The van der Waals surface area contributed by atoms with Crippen molar-refractivity contribution in [3.05, 3.63) is 212 Å². The summed E-state index contributed by atoms with van der Waals surface area (Å²) in [5.74, 6) is 0. The van der Waals surface area contributed by atoms with Crippen LogP contribution in [0.2, 0.25) is 0 Å². The van der Waals surface area contributed by atoms with Gasteiger partial charge in [-0.15, -0.1) is 0 Å². The quantitative estimate of drug-likeness (QED) is 0.172. The molecule has 2 heteroatoms. The van der Waals surface area contributed by atoms with E-state index >= 15 is 0 Å². The predicted octanol–water partition coefficient (Wildman–Crippen LogP) is 11.6. The number of aliphatic hydroxyl groups excluding tert-OH is 2. The highest BCUT2D eigenvalue weighted by molar-refractivity contribution is 5.86. The zero-order valence-electron chi connectivity index (χ0n) is 27.7. The third-order valence-corrected chi connectivity index (χ3v) is 9.12. The second-order valence-corrected chi connectivity index (χ2v) is 12.3. The Bertz CT molecular complexity index is 2100. The van der Waals surface area contributed by atoms with E-state index in [4.69, 9.17) is 0 Å². The first-order chi connectivity index (χ1) is 24.6. The normalized spacial score (nSPS) is 19.0. The Hall–Kier alpha value is -6.06. The van der Waals surface area contributed by atoms with Crippen LogP contribution in [-0.2, 0) is 0 Å². The summed E-state index contributed by atoms with van der Waals surface area (Å²) in [6.45, 7) is 0. The Morgan fingerprint density at radius 2 is 0.380 bits per heavy atom. The van der Waals surface area contributed by atoms with Gasteiger partial charge in [-0.05, 0) is 66.8 Å². The molecule has 2 N–H and O–H groups in total. The van der Waals surface area contributed by atoms with Gasteiger partial charge in [0, 0.05) is 0 Å². The molecule has 0 amide bonds. The van der Waals surface area contributed by atoms with Gasteiger partial charge in [-0.25, -0.2) is 0 Å². The van der Waals surface area contributed by atoms with E-state index in [-0.39, 0.29) is 0 Å². The van der Waals surface area contributed by atoms with E-state index in [0.29, 0.717) is 11.1 Å². The second kappa shape index (κ2) is 15.4. The lowest BCUT2D eigenvalue weighted by Gasteiger charge is -2.22. The van der Waals surface area contributed by atoms with Crippen molar-refractivity contribution in [3.8, 4) is 0 Å². The van der Waals surface area contributed by atoms with Gasteiger partial charge in [0.05, 0.1) is 0 Å². The molecule has 2 atom stereocenters. The van der Waals surface area contributed by atoms with Crippen LogP contribution in [0.4, 0.5) is 0 Å². The summed E-state index contributed by atoms with van der Waals surface area (Å²) in [5, 5.41) is 23.3. The van der Waals surface area contributed by atoms with Crippen LogP contribution in [0.15, 0.2) is 146 Å². The minimum Gasteiger partial charge on any atom is -0.385 e. The van der Waals surface area contributed by atoms with E-state index < -0.39 is 12.2 Å². The topological polar surface area (TPSA) is 40.5 Å². The summed E-state index contributed by atoms with van der Waals surface area (Å²) < 4.78 is 0. The van der Waals surface area contributed by atoms with Gasteiger partial charge in [-0.1, -0.05) is 206 Å². The number of benzene rings is 6. The highest BCUT2D eigenvalue weighted by atomic mass is 16.3. The molecule has 0 heterocycles. The molecule has 50 heavy (non-hydrogen) atoms. The Balaban J connectivity index is 1.36. The Morgan fingerprint density at radius 3 is 0.600 bits per heavy atom. The van der Waals surface area contributed by atoms with Crippen molar-refractivity contribution in [2.45, 2.75) is 12.2 Å². The Labute approximate surface area is 294 Å². The van der Waals surface area contributed by atoms with Gasteiger partial charge in [-0.2, -0.15) is 0 Å². The maximum atomic E-state index is 11.6. The Morgan fingerprint density at radius 1 is 0.220 bits per heavy atom. The molecule has 2 nitrogen and oxygen atoms in total. The van der Waals surface area contributed by atoms with Gasteiger partial charge < -0.3 is 10.2 Å². The van der Waals surface area contributed by atoms with E-state index in [1.54, 1.807) is 0 Å². The van der Waals surface area contributed by atoms with Crippen molar-refractivity contribution >= 4 is 60.8 Å². The maximum absolute atomic E-state index is 11.6. The molecule has 0 fully saturated rings. The fourth-order valence-corrected chi connectivity index (χ4v) is 6.36. The molecule has 242 valence electrons. The minimum atomic E-state index is -1.13. The van der Waals surface area contributed by atoms with Crippen molar-refractivity contribution in [1.82, 2.24) is 0 Å². The van der Waals surface area contributed by atoms with Crippen molar-refractivity contribution in [2.24, 2.45) is 0 Å². The van der Waals surface area contributed by atoms with Crippen molar-refractivity contribution in [1.29, 1.82) is 0 Å². The zero-order valence-corrected chi connectivity index (χ0v) is 27.7. The maximum Gasteiger partial charge on any atom is 0.110 e. The summed E-state index contributed by atoms with van der Waals surface area (Å²) in [4.78, 5) is 0. The fraction of sp³-hybridized carbons (Fsp3) is 0.0417. The molecular formula is C48H38O2. The molecule has 0 aliphatic heterocycles. The smallest absolute Gasteiger partial charge is 0.110 e. The lowest BCUT2D eigenvalue weighted by Crippen LogP contribution is -2.12. The first-order valence-electron chi connectivity index (χ1n) is 16.9. The van der Waals surface area contributed by atoms with Gasteiger partial charge in [0.25, 0.3) is 0 Å². The SMILES string of the molecule is O[C@@H]1c2ccccc2/C=C\c2ccccc2/C=C\c2ccccc2/C=C\c2ccccc2/C=C\c2ccccc2/C=C\c2ccccc2[C@@H]1O. The summed E-state index contributed by atoms with van der Waals surface area (Å²) in [6.07, 6.45) is 18.9. The molecule has 0 bridgehead atoms. The highest BCUT2D eigenvalue weighted by Gasteiger charge is 2.23.